The Hall–Kier alpha value is -0.530. The summed E-state index contributed by atoms with van der Waals surface area (Å²) in [5.41, 5.74) is 1.12. The Kier molecular flexibility index (Phi) is 4.93. The van der Waals surface area contributed by atoms with Gasteiger partial charge in [-0.25, -0.2) is 0 Å². The van der Waals surface area contributed by atoms with Crippen LogP contribution in [0.25, 0.3) is 0 Å². The number of carboxylic acids is 1. The lowest BCUT2D eigenvalue weighted by molar-refractivity contribution is -0.137. The molecule has 0 amide bonds. The summed E-state index contributed by atoms with van der Waals surface area (Å²) in [6.07, 6.45) is 15.7. The topological polar surface area (TPSA) is 37.3 Å². The first kappa shape index (κ1) is 18.8. The van der Waals surface area contributed by atoms with Crippen LogP contribution in [0.3, 0.4) is 0 Å². The molecule has 8 atom stereocenters. The van der Waals surface area contributed by atoms with Crippen molar-refractivity contribution in [2.75, 3.05) is 0 Å². The zero-order chi connectivity index (χ0) is 18.5. The van der Waals surface area contributed by atoms with Crippen molar-refractivity contribution in [3.8, 4) is 0 Å². The van der Waals surface area contributed by atoms with Crippen LogP contribution in [0, 0.1) is 46.3 Å². The minimum Gasteiger partial charge on any atom is -0.481 e. The zero-order valence-electron chi connectivity index (χ0n) is 17.3. The Bertz CT molecular complexity index is 542. The van der Waals surface area contributed by atoms with E-state index in [0.29, 0.717) is 23.2 Å². The Morgan fingerprint density at radius 3 is 2.50 bits per heavy atom. The van der Waals surface area contributed by atoms with Crippen molar-refractivity contribution in [2.24, 2.45) is 46.3 Å². The van der Waals surface area contributed by atoms with E-state index >= 15 is 0 Å². The lowest BCUT2D eigenvalue weighted by atomic mass is 9.44. The molecule has 4 rings (SSSR count). The van der Waals surface area contributed by atoms with Crippen LogP contribution in [0.1, 0.15) is 97.8 Å². The second-order valence-corrected chi connectivity index (χ2v) is 11.0. The summed E-state index contributed by atoms with van der Waals surface area (Å²) in [7, 11) is 0. The van der Waals surface area contributed by atoms with Gasteiger partial charge in [0.1, 0.15) is 0 Å². The zero-order valence-corrected chi connectivity index (χ0v) is 17.3. The fraction of sp³-hybridized carbons (Fsp3) is 0.958. The van der Waals surface area contributed by atoms with Gasteiger partial charge in [-0.05, 0) is 104 Å². The van der Waals surface area contributed by atoms with Crippen LogP contribution >= 0.6 is 0 Å². The lowest BCUT2D eigenvalue weighted by Gasteiger charge is -2.61. The summed E-state index contributed by atoms with van der Waals surface area (Å²) in [6.45, 7) is 7.60. The molecular weight excluding hydrogens is 320 g/mol. The molecule has 0 aromatic rings. The summed E-state index contributed by atoms with van der Waals surface area (Å²) in [6, 6.07) is 0. The quantitative estimate of drug-likeness (QED) is 0.618. The molecular formula is C24H40O2. The molecule has 0 aromatic carbocycles. The van der Waals surface area contributed by atoms with E-state index in [1.54, 1.807) is 0 Å². The van der Waals surface area contributed by atoms with Gasteiger partial charge in [0, 0.05) is 6.42 Å². The molecule has 0 heterocycles. The number of hydrogen-bond acceptors (Lipinski definition) is 1. The van der Waals surface area contributed by atoms with Crippen molar-refractivity contribution in [1.29, 1.82) is 0 Å². The van der Waals surface area contributed by atoms with E-state index in [1.165, 1.54) is 64.2 Å². The highest BCUT2D eigenvalue weighted by molar-refractivity contribution is 5.66. The van der Waals surface area contributed by atoms with Crippen molar-refractivity contribution in [2.45, 2.75) is 97.8 Å². The Morgan fingerprint density at radius 1 is 0.962 bits per heavy atom. The first-order valence-electron chi connectivity index (χ1n) is 11.6. The van der Waals surface area contributed by atoms with Crippen molar-refractivity contribution < 1.29 is 9.90 Å². The van der Waals surface area contributed by atoms with Crippen molar-refractivity contribution >= 4 is 5.97 Å². The standard InChI is InChI=1S/C24H40O2/c1-16(7-12-22(25)26)19-10-11-20-18-9-8-17-6-4-5-14-23(17,2)21(18)13-15-24(19,20)3/h16-21H,4-15H2,1-3H3,(H,25,26)/t16?,17?,18?,19-,20?,21?,23+,24-/m1/s1. The molecule has 0 bridgehead atoms. The summed E-state index contributed by atoms with van der Waals surface area (Å²) in [5.74, 6) is 4.57. The molecule has 2 heteroatoms. The van der Waals surface area contributed by atoms with E-state index in [0.717, 1.165) is 36.0 Å². The fourth-order valence-electron chi connectivity index (χ4n) is 8.82. The van der Waals surface area contributed by atoms with Crippen LogP contribution in [-0.4, -0.2) is 11.1 Å². The predicted molar refractivity (Wildman–Crippen MR) is 106 cm³/mol. The van der Waals surface area contributed by atoms with Gasteiger partial charge in [-0.1, -0.05) is 33.6 Å². The number of hydrogen-bond donors (Lipinski definition) is 1. The molecule has 4 aliphatic rings. The lowest BCUT2D eigenvalue weighted by Crippen LogP contribution is -2.53. The SMILES string of the molecule is CC(CCC(=O)O)[C@H]1CCC2C3CCC4CCCC[C@]4(C)C3CC[C@@]21C. The fourth-order valence-corrected chi connectivity index (χ4v) is 8.82. The molecule has 2 nitrogen and oxygen atoms in total. The van der Waals surface area contributed by atoms with E-state index in [-0.39, 0.29) is 0 Å². The van der Waals surface area contributed by atoms with Gasteiger partial charge in [-0.2, -0.15) is 0 Å². The van der Waals surface area contributed by atoms with Crippen LogP contribution in [0.15, 0.2) is 0 Å². The number of fused-ring (bicyclic) bond motifs is 5. The van der Waals surface area contributed by atoms with Crippen molar-refractivity contribution in [3.63, 3.8) is 0 Å². The first-order valence-corrected chi connectivity index (χ1v) is 11.6. The van der Waals surface area contributed by atoms with Crippen LogP contribution in [0.4, 0.5) is 0 Å². The largest absolute Gasteiger partial charge is 0.481 e. The highest BCUT2D eigenvalue weighted by Crippen LogP contribution is 2.68. The van der Waals surface area contributed by atoms with Gasteiger partial charge >= 0.3 is 5.97 Å². The van der Waals surface area contributed by atoms with Crippen molar-refractivity contribution in [1.82, 2.24) is 0 Å². The second kappa shape index (κ2) is 6.82. The van der Waals surface area contributed by atoms with Gasteiger partial charge in [0.25, 0.3) is 0 Å². The number of carbonyl (C=O) groups is 1. The van der Waals surface area contributed by atoms with Crippen LogP contribution in [-0.2, 0) is 4.79 Å². The van der Waals surface area contributed by atoms with E-state index < -0.39 is 5.97 Å². The molecule has 1 N–H and O–H groups in total. The van der Waals surface area contributed by atoms with Crippen molar-refractivity contribution in [3.05, 3.63) is 0 Å². The van der Waals surface area contributed by atoms with Gasteiger partial charge in [0.05, 0.1) is 0 Å². The third-order valence-electron chi connectivity index (χ3n) is 10.2. The average molecular weight is 361 g/mol. The molecule has 0 radical (unpaired) electrons. The average Bonchev–Trinajstić information content (AvgIpc) is 2.96. The maximum absolute atomic E-state index is 11.0. The third kappa shape index (κ3) is 2.85. The Labute approximate surface area is 160 Å². The van der Waals surface area contributed by atoms with E-state index in [9.17, 15) is 4.79 Å². The molecule has 0 aliphatic heterocycles. The maximum atomic E-state index is 11.0. The Morgan fingerprint density at radius 2 is 1.73 bits per heavy atom. The van der Waals surface area contributed by atoms with Gasteiger partial charge in [-0.15, -0.1) is 0 Å². The van der Waals surface area contributed by atoms with E-state index in [2.05, 4.69) is 20.8 Å². The van der Waals surface area contributed by atoms with Crippen LogP contribution in [0.5, 0.6) is 0 Å². The van der Waals surface area contributed by atoms with Gasteiger partial charge in [-0.3, -0.25) is 4.79 Å². The van der Waals surface area contributed by atoms with Gasteiger partial charge in [0.15, 0.2) is 0 Å². The highest BCUT2D eigenvalue weighted by atomic mass is 16.4. The molecule has 4 aliphatic carbocycles. The number of rotatable bonds is 4. The normalized spacial score (nSPS) is 49.0. The number of carboxylic acid groups (broad SMARTS) is 1. The van der Waals surface area contributed by atoms with E-state index in [4.69, 9.17) is 5.11 Å². The minimum atomic E-state index is -0.621. The summed E-state index contributed by atoms with van der Waals surface area (Å²) >= 11 is 0. The predicted octanol–water partition coefficient (Wildman–Crippen LogP) is 6.54. The smallest absolute Gasteiger partial charge is 0.303 e. The highest BCUT2D eigenvalue weighted by Gasteiger charge is 2.60. The number of aliphatic carboxylic acids is 1. The monoisotopic (exact) mass is 360 g/mol. The molecule has 4 saturated carbocycles. The second-order valence-electron chi connectivity index (χ2n) is 11.0. The Balaban J connectivity index is 1.52. The molecule has 4 fully saturated rings. The van der Waals surface area contributed by atoms with E-state index in [1.807, 2.05) is 0 Å². The summed E-state index contributed by atoms with van der Waals surface area (Å²) < 4.78 is 0. The molecule has 26 heavy (non-hydrogen) atoms. The van der Waals surface area contributed by atoms with Gasteiger partial charge in [0.2, 0.25) is 0 Å². The molecule has 5 unspecified atom stereocenters. The van der Waals surface area contributed by atoms with Gasteiger partial charge < -0.3 is 5.11 Å². The first-order chi connectivity index (χ1) is 12.4. The molecule has 0 spiro atoms. The van der Waals surface area contributed by atoms with Crippen LogP contribution in [0.2, 0.25) is 0 Å². The molecule has 0 saturated heterocycles. The third-order valence-corrected chi connectivity index (χ3v) is 10.2. The summed E-state index contributed by atoms with van der Waals surface area (Å²) in [5, 5.41) is 9.09. The summed E-state index contributed by atoms with van der Waals surface area (Å²) in [4.78, 5) is 11.0. The molecule has 148 valence electrons. The minimum absolute atomic E-state index is 0.351. The maximum Gasteiger partial charge on any atom is 0.303 e. The van der Waals surface area contributed by atoms with Crippen LogP contribution < -0.4 is 0 Å². The molecule has 0 aromatic heterocycles.